The second-order valence-corrected chi connectivity index (χ2v) is 8.38. The Kier molecular flexibility index (Phi) is 11.2. The maximum Gasteiger partial charge on any atom is 0.347 e. The molecule has 0 radical (unpaired) electrons. The van der Waals surface area contributed by atoms with Gasteiger partial charge in [-0.15, -0.1) is 23.2 Å². The van der Waals surface area contributed by atoms with Crippen LogP contribution in [0.2, 0.25) is 0 Å². The van der Waals surface area contributed by atoms with E-state index < -0.39 is 7.60 Å². The molecule has 0 aliphatic heterocycles. The minimum absolute atomic E-state index is 0.171. The van der Waals surface area contributed by atoms with Crippen LogP contribution in [-0.4, -0.2) is 30.8 Å². The van der Waals surface area contributed by atoms with Crippen molar-refractivity contribution in [2.24, 2.45) is 5.92 Å². The molecule has 138 valence electrons. The lowest BCUT2D eigenvalue weighted by Crippen LogP contribution is -2.37. The van der Waals surface area contributed by atoms with Crippen molar-refractivity contribution in [2.75, 3.05) is 25.0 Å². The van der Waals surface area contributed by atoms with Gasteiger partial charge in [0.1, 0.15) is 5.78 Å². The standard InChI is InChI=1S/C17H28Cl2NO3P/c1-3-16(4-2)17(20-14-15-8-6-5-7-9-15)24(21,22-12-10-18)23-13-11-19/h5-9,16-17,20H,3-4,10-14H2,1-2H3/t17-/m0/s1. The summed E-state index contributed by atoms with van der Waals surface area (Å²) in [6.07, 6.45) is 1.75. The molecule has 0 unspecified atom stereocenters. The maximum atomic E-state index is 13.4. The van der Waals surface area contributed by atoms with E-state index in [4.69, 9.17) is 32.2 Å². The summed E-state index contributed by atoms with van der Waals surface area (Å²) in [6.45, 7) is 5.13. The molecule has 0 saturated carbocycles. The number of halogens is 2. The SMILES string of the molecule is CCC(CC)[C@@H](NCc1ccccc1)P(=O)(OCCCl)OCCCl. The van der Waals surface area contributed by atoms with Crippen LogP contribution in [0.5, 0.6) is 0 Å². The summed E-state index contributed by atoms with van der Waals surface area (Å²) in [4.78, 5) is 0. The van der Waals surface area contributed by atoms with Gasteiger partial charge in [-0.25, -0.2) is 0 Å². The summed E-state index contributed by atoms with van der Waals surface area (Å²) < 4.78 is 24.6. The molecule has 0 amide bonds. The molecule has 7 heteroatoms. The summed E-state index contributed by atoms with van der Waals surface area (Å²) in [5.74, 6) is 0.315. The Labute approximate surface area is 155 Å². The molecule has 24 heavy (non-hydrogen) atoms. The highest BCUT2D eigenvalue weighted by atomic mass is 35.5. The first-order valence-corrected chi connectivity index (χ1v) is 11.1. The van der Waals surface area contributed by atoms with Crippen molar-refractivity contribution < 1.29 is 13.6 Å². The predicted octanol–water partition coefficient (Wildman–Crippen LogP) is 5.24. The summed E-state index contributed by atoms with van der Waals surface area (Å²) in [6, 6.07) is 10.00. The molecule has 1 atom stereocenters. The van der Waals surface area contributed by atoms with Gasteiger partial charge >= 0.3 is 7.60 Å². The van der Waals surface area contributed by atoms with Crippen LogP contribution in [0, 0.1) is 5.92 Å². The molecule has 0 bridgehead atoms. The van der Waals surface area contributed by atoms with Gasteiger partial charge < -0.3 is 9.05 Å². The predicted molar refractivity (Wildman–Crippen MR) is 102 cm³/mol. The molecule has 1 aromatic rings. The maximum absolute atomic E-state index is 13.4. The Morgan fingerprint density at radius 2 is 1.58 bits per heavy atom. The van der Waals surface area contributed by atoms with Crippen LogP contribution in [0.1, 0.15) is 32.3 Å². The highest BCUT2D eigenvalue weighted by molar-refractivity contribution is 7.54. The second kappa shape index (κ2) is 12.3. The van der Waals surface area contributed by atoms with Crippen LogP contribution in [0.3, 0.4) is 0 Å². The largest absolute Gasteiger partial charge is 0.347 e. The Bertz CT molecular complexity index is 474. The lowest BCUT2D eigenvalue weighted by Gasteiger charge is -2.32. The summed E-state index contributed by atoms with van der Waals surface area (Å²) in [5.41, 5.74) is 1.12. The fourth-order valence-corrected chi connectivity index (χ4v) is 5.32. The first kappa shape index (κ1) is 22.0. The first-order valence-electron chi connectivity index (χ1n) is 8.39. The van der Waals surface area contributed by atoms with Gasteiger partial charge in [-0.3, -0.25) is 9.88 Å². The molecule has 0 spiro atoms. The fourth-order valence-electron chi connectivity index (χ4n) is 2.61. The van der Waals surface area contributed by atoms with Crippen molar-refractivity contribution in [3.05, 3.63) is 35.9 Å². The molecule has 1 rings (SSSR count). The topological polar surface area (TPSA) is 47.6 Å². The quantitative estimate of drug-likeness (QED) is 0.366. The monoisotopic (exact) mass is 395 g/mol. The lowest BCUT2D eigenvalue weighted by molar-refractivity contribution is 0.195. The van der Waals surface area contributed by atoms with Crippen LogP contribution in [0.4, 0.5) is 0 Å². The molecule has 0 aromatic heterocycles. The second-order valence-electron chi connectivity index (χ2n) is 5.47. The van der Waals surface area contributed by atoms with Crippen LogP contribution in [-0.2, 0) is 20.2 Å². The van der Waals surface area contributed by atoms with Gasteiger partial charge in [-0.05, 0) is 11.5 Å². The van der Waals surface area contributed by atoms with E-state index in [2.05, 4.69) is 19.2 Å². The number of benzene rings is 1. The van der Waals surface area contributed by atoms with E-state index >= 15 is 0 Å². The fraction of sp³-hybridized carbons (Fsp3) is 0.647. The molecule has 0 aliphatic rings. The third-order valence-corrected chi connectivity index (χ3v) is 6.57. The molecule has 0 saturated heterocycles. The molecule has 4 nitrogen and oxygen atoms in total. The van der Waals surface area contributed by atoms with Crippen molar-refractivity contribution in [3.8, 4) is 0 Å². The number of rotatable bonds is 13. The van der Waals surface area contributed by atoms with Crippen LogP contribution >= 0.6 is 30.8 Å². The molecule has 0 fully saturated rings. The van der Waals surface area contributed by atoms with Gasteiger partial charge in [0.15, 0.2) is 0 Å². The van der Waals surface area contributed by atoms with Crippen molar-refractivity contribution in [3.63, 3.8) is 0 Å². The molecule has 1 aromatic carbocycles. The highest BCUT2D eigenvalue weighted by Gasteiger charge is 2.39. The summed E-state index contributed by atoms with van der Waals surface area (Å²) in [5, 5.41) is 3.40. The van der Waals surface area contributed by atoms with Gasteiger partial charge in [-0.1, -0.05) is 57.0 Å². The zero-order chi connectivity index (χ0) is 17.8. The number of hydrogen-bond donors (Lipinski definition) is 1. The van der Waals surface area contributed by atoms with Crippen molar-refractivity contribution >= 4 is 30.8 Å². The summed E-state index contributed by atoms with van der Waals surface area (Å²) in [7, 11) is -3.37. The summed E-state index contributed by atoms with van der Waals surface area (Å²) >= 11 is 11.4. The van der Waals surface area contributed by atoms with E-state index in [1.807, 2.05) is 30.3 Å². The van der Waals surface area contributed by atoms with E-state index in [1.54, 1.807) is 0 Å². The Balaban J connectivity index is 2.95. The molecule has 1 N–H and O–H groups in total. The third-order valence-electron chi connectivity index (χ3n) is 3.89. The molecule has 0 aliphatic carbocycles. The average Bonchev–Trinajstić information content (AvgIpc) is 2.62. The lowest BCUT2D eigenvalue weighted by atomic mass is 10.0. The van der Waals surface area contributed by atoms with Crippen molar-refractivity contribution in [2.45, 2.75) is 39.0 Å². The molecular formula is C17H28Cl2NO3P. The van der Waals surface area contributed by atoms with Gasteiger partial charge in [0.25, 0.3) is 0 Å². The van der Waals surface area contributed by atoms with E-state index in [0.717, 1.165) is 18.4 Å². The smallest absolute Gasteiger partial charge is 0.306 e. The number of hydrogen-bond acceptors (Lipinski definition) is 4. The van der Waals surface area contributed by atoms with Gasteiger partial charge in [-0.2, -0.15) is 0 Å². The first-order chi connectivity index (χ1) is 11.6. The van der Waals surface area contributed by atoms with E-state index in [1.165, 1.54) is 0 Å². The molecular weight excluding hydrogens is 368 g/mol. The minimum Gasteiger partial charge on any atom is -0.306 e. The third kappa shape index (κ3) is 7.03. The van der Waals surface area contributed by atoms with Crippen molar-refractivity contribution in [1.29, 1.82) is 0 Å². The average molecular weight is 396 g/mol. The van der Waals surface area contributed by atoms with Gasteiger partial charge in [0.2, 0.25) is 0 Å². The molecule has 0 heterocycles. The number of nitrogens with one attached hydrogen (secondary N) is 1. The normalized spacial score (nSPS) is 13.4. The van der Waals surface area contributed by atoms with E-state index in [0.29, 0.717) is 6.54 Å². The van der Waals surface area contributed by atoms with Gasteiger partial charge in [0, 0.05) is 18.3 Å². The van der Waals surface area contributed by atoms with Crippen LogP contribution < -0.4 is 5.32 Å². The van der Waals surface area contributed by atoms with Crippen LogP contribution in [0.25, 0.3) is 0 Å². The minimum atomic E-state index is -3.37. The number of alkyl halides is 2. The van der Waals surface area contributed by atoms with Crippen molar-refractivity contribution in [1.82, 2.24) is 5.32 Å². The van der Waals surface area contributed by atoms with E-state index in [-0.39, 0.29) is 36.7 Å². The highest BCUT2D eigenvalue weighted by Crippen LogP contribution is 2.55. The Hall–Kier alpha value is -0.0900. The zero-order valence-corrected chi connectivity index (χ0v) is 16.8. The van der Waals surface area contributed by atoms with Crippen LogP contribution in [0.15, 0.2) is 30.3 Å². The Morgan fingerprint density at radius 3 is 2.04 bits per heavy atom. The Morgan fingerprint density at radius 1 is 1.04 bits per heavy atom. The zero-order valence-electron chi connectivity index (χ0n) is 14.4. The van der Waals surface area contributed by atoms with E-state index in [9.17, 15) is 4.57 Å². The van der Waals surface area contributed by atoms with Gasteiger partial charge in [0.05, 0.1) is 13.2 Å².